The van der Waals surface area contributed by atoms with Crippen molar-refractivity contribution >= 4 is 5.78 Å². The largest absolute Gasteiger partial charge is 0.299 e. The highest BCUT2D eigenvalue weighted by Gasteiger charge is 2.08. The van der Waals surface area contributed by atoms with Gasteiger partial charge in [0, 0.05) is 12.3 Å². The Morgan fingerprint density at radius 1 is 1.40 bits per heavy atom. The van der Waals surface area contributed by atoms with Crippen LogP contribution in [-0.2, 0) is 4.79 Å². The Kier molecular flexibility index (Phi) is 5.27. The molecule has 0 bridgehead atoms. The molecule has 1 atom stereocenters. The lowest BCUT2D eigenvalue weighted by molar-refractivity contribution is -0.122. The van der Waals surface area contributed by atoms with Gasteiger partial charge in [-0.1, -0.05) is 27.2 Å². The standard InChI is InChI=1S/C9H18O/c1-4-6-7-9(10)8(3)5-2/h8H,4-7H2,1-3H3. The Morgan fingerprint density at radius 3 is 2.40 bits per heavy atom. The van der Waals surface area contributed by atoms with Crippen LogP contribution >= 0.6 is 0 Å². The Bertz CT molecular complexity index is 96.9. The maximum Gasteiger partial charge on any atom is 0.135 e. The summed E-state index contributed by atoms with van der Waals surface area (Å²) in [7, 11) is 0. The van der Waals surface area contributed by atoms with E-state index in [-0.39, 0.29) is 5.92 Å². The van der Waals surface area contributed by atoms with Crippen molar-refractivity contribution in [1.29, 1.82) is 0 Å². The van der Waals surface area contributed by atoms with Crippen LogP contribution in [-0.4, -0.2) is 5.78 Å². The van der Waals surface area contributed by atoms with Gasteiger partial charge in [-0.2, -0.15) is 0 Å². The number of ketones is 1. The van der Waals surface area contributed by atoms with E-state index in [9.17, 15) is 4.79 Å². The summed E-state index contributed by atoms with van der Waals surface area (Å²) >= 11 is 0. The first-order valence-electron chi connectivity index (χ1n) is 4.25. The van der Waals surface area contributed by atoms with Crippen LogP contribution in [0.15, 0.2) is 0 Å². The lowest BCUT2D eigenvalue weighted by Crippen LogP contribution is -2.08. The van der Waals surface area contributed by atoms with Crippen LogP contribution in [0.1, 0.15) is 46.5 Å². The molecule has 0 saturated carbocycles. The Hall–Kier alpha value is -0.330. The number of Topliss-reactive ketones (excluding diaryl/α,β-unsaturated/α-hetero) is 1. The molecule has 1 heteroatoms. The first-order valence-corrected chi connectivity index (χ1v) is 4.25. The van der Waals surface area contributed by atoms with Crippen LogP contribution in [0.5, 0.6) is 0 Å². The fraction of sp³-hybridized carbons (Fsp3) is 0.889. The quantitative estimate of drug-likeness (QED) is 0.577. The van der Waals surface area contributed by atoms with E-state index < -0.39 is 0 Å². The van der Waals surface area contributed by atoms with Gasteiger partial charge in [0.15, 0.2) is 0 Å². The van der Waals surface area contributed by atoms with Crippen molar-refractivity contribution in [3.8, 4) is 0 Å². The van der Waals surface area contributed by atoms with Crippen molar-refractivity contribution in [3.63, 3.8) is 0 Å². The molecule has 0 rings (SSSR count). The Labute approximate surface area is 63.8 Å². The van der Waals surface area contributed by atoms with E-state index in [2.05, 4.69) is 13.8 Å². The maximum absolute atomic E-state index is 11.1. The summed E-state index contributed by atoms with van der Waals surface area (Å²) in [6.07, 6.45) is 3.96. The van der Waals surface area contributed by atoms with Gasteiger partial charge in [-0.05, 0) is 12.8 Å². The summed E-state index contributed by atoms with van der Waals surface area (Å²) in [6, 6.07) is 0. The second kappa shape index (κ2) is 5.45. The van der Waals surface area contributed by atoms with Crippen molar-refractivity contribution in [2.75, 3.05) is 0 Å². The third kappa shape index (κ3) is 3.65. The van der Waals surface area contributed by atoms with E-state index in [0.717, 1.165) is 25.7 Å². The zero-order chi connectivity index (χ0) is 7.98. The molecule has 0 N–H and O–H groups in total. The van der Waals surface area contributed by atoms with Crippen LogP contribution in [0.2, 0.25) is 0 Å². The summed E-state index contributed by atoms with van der Waals surface area (Å²) in [5.74, 6) is 0.718. The first-order chi connectivity index (χ1) is 4.72. The summed E-state index contributed by atoms with van der Waals surface area (Å²) in [5.41, 5.74) is 0. The molecule has 1 unspecified atom stereocenters. The van der Waals surface area contributed by atoms with Crippen LogP contribution < -0.4 is 0 Å². The van der Waals surface area contributed by atoms with Crippen molar-refractivity contribution in [1.82, 2.24) is 0 Å². The normalized spacial score (nSPS) is 13.1. The number of carbonyl (C=O) groups is 1. The fourth-order valence-electron chi connectivity index (χ4n) is 0.825. The minimum Gasteiger partial charge on any atom is -0.299 e. The molecule has 0 heterocycles. The number of rotatable bonds is 5. The molecule has 0 aliphatic carbocycles. The average Bonchev–Trinajstić information content (AvgIpc) is 1.98. The van der Waals surface area contributed by atoms with Gasteiger partial charge in [-0.3, -0.25) is 4.79 Å². The molecule has 0 amide bonds. The number of hydrogen-bond acceptors (Lipinski definition) is 1. The SMILES string of the molecule is CCCCC(=O)C(C)CC. The van der Waals surface area contributed by atoms with E-state index in [1.165, 1.54) is 0 Å². The fourth-order valence-corrected chi connectivity index (χ4v) is 0.825. The second-order valence-corrected chi connectivity index (χ2v) is 2.88. The third-order valence-electron chi connectivity index (χ3n) is 1.94. The van der Waals surface area contributed by atoms with Gasteiger partial charge in [0.25, 0.3) is 0 Å². The molecule has 0 aliphatic heterocycles. The van der Waals surface area contributed by atoms with Gasteiger partial charge in [-0.25, -0.2) is 0 Å². The van der Waals surface area contributed by atoms with Crippen molar-refractivity contribution in [2.24, 2.45) is 5.92 Å². The van der Waals surface area contributed by atoms with Crippen molar-refractivity contribution in [2.45, 2.75) is 46.5 Å². The summed E-state index contributed by atoms with van der Waals surface area (Å²) in [6.45, 7) is 6.19. The van der Waals surface area contributed by atoms with Gasteiger partial charge >= 0.3 is 0 Å². The lowest BCUT2D eigenvalue weighted by atomic mass is 9.99. The number of carbonyl (C=O) groups excluding carboxylic acids is 1. The summed E-state index contributed by atoms with van der Waals surface area (Å²) in [5, 5.41) is 0. The number of hydrogen-bond donors (Lipinski definition) is 0. The highest BCUT2D eigenvalue weighted by molar-refractivity contribution is 5.80. The minimum absolute atomic E-state index is 0.284. The lowest BCUT2D eigenvalue weighted by Gasteiger charge is -2.04. The third-order valence-corrected chi connectivity index (χ3v) is 1.94. The molecule has 1 nitrogen and oxygen atoms in total. The molecule has 0 aromatic rings. The first kappa shape index (κ1) is 9.67. The molecule has 10 heavy (non-hydrogen) atoms. The topological polar surface area (TPSA) is 17.1 Å². The predicted octanol–water partition coefficient (Wildman–Crippen LogP) is 2.79. The molecule has 0 saturated heterocycles. The Balaban J connectivity index is 3.42. The van der Waals surface area contributed by atoms with Crippen LogP contribution in [0.3, 0.4) is 0 Å². The highest BCUT2D eigenvalue weighted by atomic mass is 16.1. The van der Waals surface area contributed by atoms with Gasteiger partial charge in [0.1, 0.15) is 5.78 Å². The van der Waals surface area contributed by atoms with E-state index in [0.29, 0.717) is 5.78 Å². The van der Waals surface area contributed by atoms with Crippen molar-refractivity contribution in [3.05, 3.63) is 0 Å². The Morgan fingerprint density at radius 2 is 2.00 bits per heavy atom. The van der Waals surface area contributed by atoms with Crippen LogP contribution in [0.4, 0.5) is 0 Å². The molecular formula is C9H18O. The zero-order valence-corrected chi connectivity index (χ0v) is 7.31. The number of unbranched alkanes of at least 4 members (excludes halogenated alkanes) is 1. The second-order valence-electron chi connectivity index (χ2n) is 2.88. The minimum atomic E-state index is 0.284. The average molecular weight is 142 g/mol. The smallest absolute Gasteiger partial charge is 0.135 e. The molecule has 0 radical (unpaired) electrons. The van der Waals surface area contributed by atoms with E-state index in [1.807, 2.05) is 6.92 Å². The van der Waals surface area contributed by atoms with Crippen molar-refractivity contribution < 1.29 is 4.79 Å². The monoisotopic (exact) mass is 142 g/mol. The molecule has 0 aromatic carbocycles. The van der Waals surface area contributed by atoms with Gasteiger partial charge in [-0.15, -0.1) is 0 Å². The molecule has 0 aliphatic rings. The zero-order valence-electron chi connectivity index (χ0n) is 7.31. The maximum atomic E-state index is 11.1. The van der Waals surface area contributed by atoms with E-state index in [1.54, 1.807) is 0 Å². The van der Waals surface area contributed by atoms with Crippen LogP contribution in [0, 0.1) is 5.92 Å². The molecular weight excluding hydrogens is 124 g/mol. The predicted molar refractivity (Wildman–Crippen MR) is 44.0 cm³/mol. The van der Waals surface area contributed by atoms with Crippen LogP contribution in [0.25, 0.3) is 0 Å². The van der Waals surface area contributed by atoms with Gasteiger partial charge in [0.05, 0.1) is 0 Å². The molecule has 60 valence electrons. The molecule has 0 aromatic heterocycles. The van der Waals surface area contributed by atoms with Gasteiger partial charge in [0.2, 0.25) is 0 Å². The summed E-state index contributed by atoms with van der Waals surface area (Å²) < 4.78 is 0. The van der Waals surface area contributed by atoms with Gasteiger partial charge < -0.3 is 0 Å². The highest BCUT2D eigenvalue weighted by Crippen LogP contribution is 2.07. The van der Waals surface area contributed by atoms with E-state index in [4.69, 9.17) is 0 Å². The molecule has 0 spiro atoms. The van der Waals surface area contributed by atoms with E-state index >= 15 is 0 Å². The summed E-state index contributed by atoms with van der Waals surface area (Å²) in [4.78, 5) is 11.1. The molecule has 0 fully saturated rings.